The third-order valence-corrected chi connectivity index (χ3v) is 2.41. The Balaban J connectivity index is 4.15. The zero-order chi connectivity index (χ0) is 12.6. The molecule has 0 aromatic carbocycles. The van der Waals surface area contributed by atoms with E-state index in [2.05, 4.69) is 0 Å². The number of carboxylic acid groups (broad SMARTS) is 1. The summed E-state index contributed by atoms with van der Waals surface area (Å²) in [6.07, 6.45) is 3.18. The fourth-order valence-corrected chi connectivity index (χ4v) is 1.49. The summed E-state index contributed by atoms with van der Waals surface area (Å²) < 4.78 is 0. The van der Waals surface area contributed by atoms with Crippen LogP contribution in [0.5, 0.6) is 0 Å². The van der Waals surface area contributed by atoms with Gasteiger partial charge in [0.25, 0.3) is 5.91 Å². The normalized spacial score (nSPS) is 12.2. The van der Waals surface area contributed by atoms with E-state index in [1.165, 1.54) is 0 Å². The number of carboxylic acids is 1. The molecular weight excluding hydrogens is 214 g/mol. The molecule has 0 aliphatic heterocycles. The number of hydrogen-bond donors (Lipinski definition) is 3. The third kappa shape index (κ3) is 6.36. The van der Waals surface area contributed by atoms with Crippen molar-refractivity contribution in [2.75, 3.05) is 0 Å². The molecular formula is C10H19NO5. The number of hydrogen-bond acceptors (Lipinski definition) is 4. The van der Waals surface area contributed by atoms with Crippen LogP contribution in [0.15, 0.2) is 0 Å². The van der Waals surface area contributed by atoms with Gasteiger partial charge in [-0.05, 0) is 12.8 Å². The highest BCUT2D eigenvalue weighted by atomic mass is 16.8. The van der Waals surface area contributed by atoms with Crippen LogP contribution in [0.3, 0.4) is 0 Å². The van der Waals surface area contributed by atoms with Gasteiger partial charge >= 0.3 is 5.97 Å². The van der Waals surface area contributed by atoms with Crippen molar-refractivity contribution < 1.29 is 25.1 Å². The van der Waals surface area contributed by atoms with E-state index < -0.39 is 23.0 Å². The number of carbonyl (C=O) groups is 2. The molecule has 0 aliphatic carbocycles. The number of amides is 1. The van der Waals surface area contributed by atoms with Gasteiger partial charge in [0.05, 0.1) is 0 Å². The van der Waals surface area contributed by atoms with Gasteiger partial charge in [0.15, 0.2) is 0 Å². The first-order valence-corrected chi connectivity index (χ1v) is 5.42. The van der Waals surface area contributed by atoms with Crippen molar-refractivity contribution in [3.63, 3.8) is 0 Å². The molecule has 3 N–H and O–H groups in total. The van der Waals surface area contributed by atoms with Gasteiger partial charge in [-0.1, -0.05) is 31.4 Å². The van der Waals surface area contributed by atoms with E-state index in [0.29, 0.717) is 6.42 Å². The van der Waals surface area contributed by atoms with Gasteiger partial charge in [-0.2, -0.15) is 0 Å². The topological polar surface area (TPSA) is 98.1 Å². The minimum Gasteiger partial charge on any atom is -0.481 e. The molecule has 0 aromatic rings. The maximum atomic E-state index is 11.3. The zero-order valence-electron chi connectivity index (χ0n) is 9.43. The molecule has 0 fully saturated rings. The Morgan fingerprint density at radius 3 is 2.25 bits per heavy atom. The van der Waals surface area contributed by atoms with Crippen molar-refractivity contribution in [1.82, 2.24) is 5.23 Å². The van der Waals surface area contributed by atoms with E-state index in [4.69, 9.17) is 15.5 Å². The number of nitrogens with zero attached hydrogens (tertiary/aromatic N) is 1. The average Bonchev–Trinajstić information content (AvgIpc) is 2.21. The molecule has 94 valence electrons. The molecule has 0 heterocycles. The quantitative estimate of drug-likeness (QED) is 0.336. The highest BCUT2D eigenvalue weighted by Crippen LogP contribution is 2.17. The van der Waals surface area contributed by atoms with E-state index in [-0.39, 0.29) is 12.8 Å². The second-order valence-electron chi connectivity index (χ2n) is 3.75. The van der Waals surface area contributed by atoms with E-state index >= 15 is 0 Å². The van der Waals surface area contributed by atoms with Crippen molar-refractivity contribution in [1.29, 1.82) is 0 Å². The SMILES string of the molecule is CCCCCC(CCC(=O)O)C(=O)N(O)O. The molecule has 1 unspecified atom stereocenters. The fourth-order valence-electron chi connectivity index (χ4n) is 1.49. The molecule has 1 amide bonds. The van der Waals surface area contributed by atoms with E-state index in [0.717, 1.165) is 19.3 Å². The lowest BCUT2D eigenvalue weighted by Gasteiger charge is -2.16. The standard InChI is InChI=1S/C10H19NO5/c1-2-3-4-5-8(6-7-9(12)13)10(14)11(15)16/h8,15-16H,2-7H2,1H3,(H,12,13). The van der Waals surface area contributed by atoms with E-state index in [9.17, 15) is 9.59 Å². The lowest BCUT2D eigenvalue weighted by molar-refractivity contribution is -0.288. The maximum absolute atomic E-state index is 11.3. The molecule has 0 aromatic heterocycles. The minimum atomic E-state index is -0.990. The van der Waals surface area contributed by atoms with Gasteiger partial charge in [-0.3, -0.25) is 20.0 Å². The maximum Gasteiger partial charge on any atom is 0.303 e. The number of hydroxylamine groups is 2. The van der Waals surface area contributed by atoms with Crippen LogP contribution in [-0.4, -0.2) is 32.6 Å². The van der Waals surface area contributed by atoms with Crippen LogP contribution in [0, 0.1) is 5.92 Å². The summed E-state index contributed by atoms with van der Waals surface area (Å²) in [5, 5.41) is 25.3. The van der Waals surface area contributed by atoms with Gasteiger partial charge in [-0.25, -0.2) is 0 Å². The molecule has 6 heteroatoms. The Morgan fingerprint density at radius 1 is 1.19 bits per heavy atom. The highest BCUT2D eigenvalue weighted by molar-refractivity contribution is 5.77. The zero-order valence-corrected chi connectivity index (χ0v) is 9.43. The molecule has 0 saturated heterocycles. The monoisotopic (exact) mass is 233 g/mol. The van der Waals surface area contributed by atoms with Gasteiger partial charge in [0.2, 0.25) is 0 Å². The Bertz CT molecular complexity index is 229. The van der Waals surface area contributed by atoms with Crippen LogP contribution in [0.25, 0.3) is 0 Å². The van der Waals surface area contributed by atoms with Crippen LogP contribution in [0.2, 0.25) is 0 Å². The number of carbonyl (C=O) groups excluding carboxylic acids is 1. The van der Waals surface area contributed by atoms with Gasteiger partial charge in [0, 0.05) is 12.3 Å². The Hall–Kier alpha value is -1.14. The summed E-state index contributed by atoms with van der Waals surface area (Å²) in [4.78, 5) is 21.7. The molecule has 0 spiro atoms. The van der Waals surface area contributed by atoms with Crippen molar-refractivity contribution in [3.8, 4) is 0 Å². The number of unbranched alkanes of at least 4 members (excludes halogenated alkanes) is 2. The largest absolute Gasteiger partial charge is 0.481 e. The molecule has 0 saturated carbocycles. The Kier molecular flexibility index (Phi) is 7.49. The van der Waals surface area contributed by atoms with Crippen molar-refractivity contribution in [2.45, 2.75) is 45.4 Å². The first-order valence-electron chi connectivity index (χ1n) is 5.42. The van der Waals surface area contributed by atoms with Crippen LogP contribution < -0.4 is 0 Å². The van der Waals surface area contributed by atoms with Gasteiger partial charge in [0.1, 0.15) is 0 Å². The van der Waals surface area contributed by atoms with Crippen molar-refractivity contribution in [3.05, 3.63) is 0 Å². The Morgan fingerprint density at radius 2 is 1.81 bits per heavy atom. The van der Waals surface area contributed by atoms with Crippen LogP contribution >= 0.6 is 0 Å². The average molecular weight is 233 g/mol. The molecule has 0 rings (SSSR count). The molecule has 16 heavy (non-hydrogen) atoms. The van der Waals surface area contributed by atoms with E-state index in [1.807, 2.05) is 6.92 Å². The lowest BCUT2D eigenvalue weighted by atomic mass is 9.95. The van der Waals surface area contributed by atoms with E-state index in [1.54, 1.807) is 0 Å². The second-order valence-corrected chi connectivity index (χ2v) is 3.75. The summed E-state index contributed by atoms with van der Waals surface area (Å²) in [6.45, 7) is 2.01. The summed E-state index contributed by atoms with van der Waals surface area (Å²) in [5.74, 6) is -2.45. The minimum absolute atomic E-state index is 0.134. The van der Waals surface area contributed by atoms with Crippen LogP contribution in [0.1, 0.15) is 45.4 Å². The molecule has 0 aliphatic rings. The number of aliphatic carboxylic acids is 1. The molecule has 0 radical (unpaired) electrons. The summed E-state index contributed by atoms with van der Waals surface area (Å²) >= 11 is 0. The van der Waals surface area contributed by atoms with Gasteiger partial charge in [-0.15, -0.1) is 0 Å². The van der Waals surface area contributed by atoms with Crippen LogP contribution in [0.4, 0.5) is 0 Å². The second kappa shape index (κ2) is 8.06. The predicted octanol–water partition coefficient (Wildman–Crippen LogP) is 1.65. The molecule has 6 nitrogen and oxygen atoms in total. The highest BCUT2D eigenvalue weighted by Gasteiger charge is 2.23. The van der Waals surface area contributed by atoms with Crippen LogP contribution in [-0.2, 0) is 9.59 Å². The van der Waals surface area contributed by atoms with Gasteiger partial charge < -0.3 is 5.11 Å². The third-order valence-electron chi connectivity index (χ3n) is 2.41. The summed E-state index contributed by atoms with van der Waals surface area (Å²) in [5.41, 5.74) is 0. The summed E-state index contributed by atoms with van der Waals surface area (Å²) in [6, 6.07) is 0. The molecule has 1 atom stereocenters. The first-order chi connectivity index (χ1) is 7.49. The number of rotatable bonds is 8. The predicted molar refractivity (Wildman–Crippen MR) is 54.9 cm³/mol. The molecule has 0 bridgehead atoms. The summed E-state index contributed by atoms with van der Waals surface area (Å²) in [7, 11) is 0. The first kappa shape index (κ1) is 14.9. The lowest BCUT2D eigenvalue weighted by Crippen LogP contribution is -2.31. The van der Waals surface area contributed by atoms with Crippen molar-refractivity contribution in [2.24, 2.45) is 5.92 Å². The smallest absolute Gasteiger partial charge is 0.303 e. The Labute approximate surface area is 94.4 Å². The fraction of sp³-hybridized carbons (Fsp3) is 0.800. The van der Waals surface area contributed by atoms with Crippen molar-refractivity contribution >= 4 is 11.9 Å².